The molecule has 2 heterocycles. The Balaban J connectivity index is 1.60. The number of methoxy groups -OCH3 is 1. The molecule has 0 radical (unpaired) electrons. The number of hydrogen-bond donors (Lipinski definition) is 1. The lowest BCUT2D eigenvalue weighted by Crippen LogP contribution is -2.13. The maximum Gasteiger partial charge on any atom is 0.306 e. The fourth-order valence-electron chi connectivity index (χ4n) is 4.16. The number of hydrogen-bond acceptors (Lipinski definition) is 7. The van der Waals surface area contributed by atoms with Crippen molar-refractivity contribution in [3.63, 3.8) is 0 Å². The summed E-state index contributed by atoms with van der Waals surface area (Å²) in [6.07, 6.45) is 3.69. The molecule has 9 nitrogen and oxygen atoms in total. The van der Waals surface area contributed by atoms with Crippen molar-refractivity contribution in [3.8, 4) is 28.8 Å². The summed E-state index contributed by atoms with van der Waals surface area (Å²) in [5.41, 5.74) is 2.26. The van der Waals surface area contributed by atoms with E-state index in [9.17, 15) is 4.79 Å². The van der Waals surface area contributed by atoms with Crippen LogP contribution in [0, 0.1) is 5.92 Å². The van der Waals surface area contributed by atoms with Crippen molar-refractivity contribution in [2.45, 2.75) is 45.3 Å². The van der Waals surface area contributed by atoms with Crippen LogP contribution in [0.4, 0.5) is 0 Å². The van der Waals surface area contributed by atoms with Crippen LogP contribution in [0.15, 0.2) is 42.7 Å². The number of carboxylic acid groups (broad SMARTS) is 1. The van der Waals surface area contributed by atoms with Crippen LogP contribution in [0.5, 0.6) is 17.4 Å². The minimum absolute atomic E-state index is 0.203. The summed E-state index contributed by atoms with van der Waals surface area (Å²) in [4.78, 5) is 25.0. The summed E-state index contributed by atoms with van der Waals surface area (Å²) in [7, 11) is 1.60. The van der Waals surface area contributed by atoms with Crippen LogP contribution >= 0.6 is 23.2 Å². The zero-order valence-corrected chi connectivity index (χ0v) is 23.3. The van der Waals surface area contributed by atoms with Crippen LogP contribution in [0.1, 0.15) is 38.7 Å². The lowest BCUT2D eigenvalue weighted by molar-refractivity contribution is -0.141. The Labute approximate surface area is 235 Å². The summed E-state index contributed by atoms with van der Waals surface area (Å²) in [5.74, 6) is 0.631. The minimum Gasteiger partial charge on any atom is -0.496 e. The van der Waals surface area contributed by atoms with E-state index in [-0.39, 0.29) is 12.2 Å². The van der Waals surface area contributed by atoms with E-state index in [4.69, 9.17) is 47.5 Å². The number of benzene rings is 2. The molecule has 5 rings (SSSR count). The highest BCUT2D eigenvalue weighted by Crippen LogP contribution is 2.42. The summed E-state index contributed by atoms with van der Waals surface area (Å²) in [6.45, 7) is 4.22. The van der Waals surface area contributed by atoms with Gasteiger partial charge in [0.1, 0.15) is 29.3 Å². The van der Waals surface area contributed by atoms with E-state index in [1.807, 2.05) is 35.8 Å². The topological polar surface area (TPSA) is 109 Å². The zero-order valence-electron chi connectivity index (χ0n) is 21.8. The van der Waals surface area contributed by atoms with Gasteiger partial charge in [-0.1, -0.05) is 36.2 Å². The molecule has 2 aromatic heterocycles. The maximum absolute atomic E-state index is 11.2. The van der Waals surface area contributed by atoms with Gasteiger partial charge in [-0.25, -0.2) is 9.97 Å². The molecular formula is C28H28Cl2N4O5. The van der Waals surface area contributed by atoms with Crippen LogP contribution in [-0.4, -0.2) is 49.9 Å². The first-order chi connectivity index (χ1) is 18.7. The number of aliphatic carboxylic acids is 1. The predicted octanol–water partition coefficient (Wildman–Crippen LogP) is 6.28. The molecule has 1 saturated carbocycles. The smallest absolute Gasteiger partial charge is 0.306 e. The van der Waals surface area contributed by atoms with Crippen molar-refractivity contribution in [3.05, 3.63) is 58.3 Å². The van der Waals surface area contributed by atoms with E-state index in [2.05, 4.69) is 9.97 Å². The minimum atomic E-state index is -0.872. The van der Waals surface area contributed by atoms with Crippen LogP contribution in [0.2, 0.25) is 10.0 Å². The van der Waals surface area contributed by atoms with Crippen LogP contribution in [0.25, 0.3) is 22.6 Å². The van der Waals surface area contributed by atoms with E-state index in [0.29, 0.717) is 62.9 Å². The quantitative estimate of drug-likeness (QED) is 0.224. The summed E-state index contributed by atoms with van der Waals surface area (Å²) in [5, 5.41) is 10.1. The summed E-state index contributed by atoms with van der Waals surface area (Å²) < 4.78 is 19.6. The number of fused-ring (bicyclic) bond motifs is 1. The molecular weight excluding hydrogens is 543 g/mol. The Morgan fingerprint density at radius 2 is 1.97 bits per heavy atom. The lowest BCUT2D eigenvalue weighted by Gasteiger charge is -2.15. The fraction of sp³-hybridized carbons (Fsp3) is 0.357. The molecule has 1 atom stereocenters. The van der Waals surface area contributed by atoms with Gasteiger partial charge in [-0.05, 0) is 56.5 Å². The molecule has 0 aliphatic heterocycles. The largest absolute Gasteiger partial charge is 0.496 e. The average molecular weight is 571 g/mol. The van der Waals surface area contributed by atoms with Crippen LogP contribution in [-0.2, 0) is 11.3 Å². The standard InChI is InChI=1S/C28H28Cl2N4O5/c1-16(27(35)36)9-12-38-21-6-4-5-19(22(21)30)24-33-23-25(31-15-32-26(23)39-28(2)10-11-28)34(24)14-17-13-18(29)7-8-20(17)37-3/h4-8,13,15-16H,9-12,14H2,1-3H3,(H,35,36)/t16-/m1/s1. The van der Waals surface area contributed by atoms with E-state index >= 15 is 0 Å². The van der Waals surface area contributed by atoms with Gasteiger partial charge in [-0.3, -0.25) is 4.79 Å². The maximum atomic E-state index is 11.2. The van der Waals surface area contributed by atoms with Crippen LogP contribution in [0.3, 0.4) is 0 Å². The van der Waals surface area contributed by atoms with Crippen molar-refractivity contribution >= 4 is 40.3 Å². The van der Waals surface area contributed by atoms with Gasteiger partial charge in [-0.2, -0.15) is 4.98 Å². The number of nitrogens with zero attached hydrogens (tertiary/aromatic N) is 4. The first kappa shape index (κ1) is 27.0. The van der Waals surface area contributed by atoms with Crippen molar-refractivity contribution in [2.75, 3.05) is 13.7 Å². The molecule has 204 valence electrons. The molecule has 11 heteroatoms. The van der Waals surface area contributed by atoms with Crippen molar-refractivity contribution < 1.29 is 24.1 Å². The molecule has 1 fully saturated rings. The molecule has 39 heavy (non-hydrogen) atoms. The molecule has 1 aliphatic carbocycles. The van der Waals surface area contributed by atoms with E-state index in [1.54, 1.807) is 26.2 Å². The first-order valence-electron chi connectivity index (χ1n) is 12.6. The third kappa shape index (κ3) is 5.74. The van der Waals surface area contributed by atoms with Gasteiger partial charge < -0.3 is 23.9 Å². The third-order valence-electron chi connectivity index (χ3n) is 6.80. The van der Waals surface area contributed by atoms with Crippen LogP contribution < -0.4 is 14.2 Å². The molecule has 2 aromatic carbocycles. The van der Waals surface area contributed by atoms with E-state index in [0.717, 1.165) is 18.4 Å². The SMILES string of the molecule is COc1ccc(Cl)cc1Cn1c(-c2cccc(OCC[C@@H](C)C(=O)O)c2Cl)nc2c(OC3(C)CC3)ncnc21. The number of carbonyl (C=O) groups is 1. The van der Waals surface area contributed by atoms with E-state index < -0.39 is 11.9 Å². The molecule has 4 aromatic rings. The van der Waals surface area contributed by atoms with Gasteiger partial charge in [0.25, 0.3) is 0 Å². The van der Waals surface area contributed by atoms with Gasteiger partial charge >= 0.3 is 5.97 Å². The number of rotatable bonds is 11. The highest BCUT2D eigenvalue weighted by atomic mass is 35.5. The van der Waals surface area contributed by atoms with Crippen molar-refractivity contribution in [1.29, 1.82) is 0 Å². The number of halogens is 2. The number of imidazole rings is 1. The molecule has 0 spiro atoms. The lowest BCUT2D eigenvalue weighted by atomic mass is 10.1. The third-order valence-corrected chi connectivity index (χ3v) is 7.43. The second kappa shape index (κ2) is 10.9. The van der Waals surface area contributed by atoms with Gasteiger partial charge in [0, 0.05) is 16.1 Å². The molecule has 0 amide bonds. The first-order valence-corrected chi connectivity index (χ1v) is 13.3. The Morgan fingerprint density at radius 3 is 2.69 bits per heavy atom. The molecule has 0 unspecified atom stereocenters. The number of carboxylic acids is 1. The normalized spacial score (nSPS) is 14.7. The van der Waals surface area contributed by atoms with Gasteiger partial charge in [0.2, 0.25) is 5.88 Å². The number of ether oxygens (including phenoxy) is 3. The monoisotopic (exact) mass is 570 g/mol. The van der Waals surface area contributed by atoms with Crippen molar-refractivity contribution in [2.24, 2.45) is 5.92 Å². The second-order valence-corrected chi connectivity index (χ2v) is 10.7. The fourth-order valence-corrected chi connectivity index (χ4v) is 4.62. The number of aromatic nitrogens is 4. The molecule has 0 saturated heterocycles. The Kier molecular flexibility index (Phi) is 7.55. The van der Waals surface area contributed by atoms with Gasteiger partial charge in [0.05, 0.1) is 31.2 Å². The van der Waals surface area contributed by atoms with Gasteiger partial charge in [-0.15, -0.1) is 0 Å². The Hall–Kier alpha value is -3.56. The molecule has 0 bridgehead atoms. The highest BCUT2D eigenvalue weighted by molar-refractivity contribution is 6.34. The van der Waals surface area contributed by atoms with Crippen molar-refractivity contribution in [1.82, 2.24) is 19.5 Å². The molecule has 1 N–H and O–H groups in total. The Bertz CT molecular complexity index is 1540. The Morgan fingerprint density at radius 1 is 1.18 bits per heavy atom. The summed E-state index contributed by atoms with van der Waals surface area (Å²) >= 11 is 13.2. The predicted molar refractivity (Wildman–Crippen MR) is 148 cm³/mol. The molecule has 1 aliphatic rings. The van der Waals surface area contributed by atoms with E-state index in [1.165, 1.54) is 6.33 Å². The van der Waals surface area contributed by atoms with Gasteiger partial charge in [0.15, 0.2) is 11.2 Å². The average Bonchev–Trinajstić information content (AvgIpc) is 3.52. The highest BCUT2D eigenvalue weighted by Gasteiger charge is 2.41. The zero-order chi connectivity index (χ0) is 27.7. The summed E-state index contributed by atoms with van der Waals surface area (Å²) in [6, 6.07) is 10.8. The second-order valence-electron chi connectivity index (χ2n) is 9.87.